The van der Waals surface area contributed by atoms with E-state index in [0.29, 0.717) is 35.4 Å². The standard InChI is InChI=1S/C22H27N5O5S.C2HF3O2/c1-2-31-20(29)14-4-3-9-26(12-14)15-5-7-16(8-6-15)27-13-17(32-22(27)30)10-24-19(28)18-11-25-21(23)33-18;3-2(4,5)1(6)7/h5-8,11,14,17H,2-4,9-10,12-13H2,1H3,(H2,23,25)(H,24,28);(H,6,7)/t14?,17-;/m0./s1. The van der Waals surface area contributed by atoms with Crippen molar-refractivity contribution in [2.75, 3.05) is 48.3 Å². The van der Waals surface area contributed by atoms with Crippen molar-refractivity contribution in [3.05, 3.63) is 35.3 Å². The van der Waals surface area contributed by atoms with Gasteiger partial charge in [0.15, 0.2) is 5.13 Å². The van der Waals surface area contributed by atoms with Gasteiger partial charge in [0.25, 0.3) is 5.91 Å². The molecule has 4 N–H and O–H groups in total. The molecule has 3 heterocycles. The number of hydrogen-bond acceptors (Lipinski definition) is 10. The van der Waals surface area contributed by atoms with Gasteiger partial charge in [-0.15, -0.1) is 0 Å². The second kappa shape index (κ2) is 13.3. The monoisotopic (exact) mass is 587 g/mol. The van der Waals surface area contributed by atoms with Gasteiger partial charge in [0, 0.05) is 24.5 Å². The fourth-order valence-corrected chi connectivity index (χ4v) is 4.63. The number of nitrogen functional groups attached to an aromatic ring is 1. The molecule has 0 aliphatic carbocycles. The number of nitrogens with two attached hydrogens (primary N) is 1. The van der Waals surface area contributed by atoms with Gasteiger partial charge in [0.2, 0.25) is 0 Å². The Morgan fingerprint density at radius 2 is 1.88 bits per heavy atom. The first-order valence-corrected chi connectivity index (χ1v) is 13.0. The lowest BCUT2D eigenvalue weighted by Gasteiger charge is -2.33. The SMILES string of the molecule is CCOC(=O)C1CCCN(c2ccc(N3C[C@H](CNC(=O)c4cnc(N)s4)OC3=O)cc2)C1.O=C(O)C(F)(F)F. The molecular formula is C24H28F3N5O7S. The molecule has 0 bridgehead atoms. The summed E-state index contributed by atoms with van der Waals surface area (Å²) in [6.45, 7) is 4.22. The molecule has 2 aliphatic rings. The second-order valence-corrected chi connectivity index (χ2v) is 9.81. The predicted octanol–water partition coefficient (Wildman–Crippen LogP) is 2.89. The molecule has 218 valence electrons. The van der Waals surface area contributed by atoms with Crippen LogP contribution in [0, 0.1) is 5.92 Å². The number of halogens is 3. The Balaban J connectivity index is 0.000000559. The van der Waals surface area contributed by atoms with Gasteiger partial charge in [-0.25, -0.2) is 14.6 Å². The first-order valence-electron chi connectivity index (χ1n) is 12.2. The third kappa shape index (κ3) is 8.21. The number of amides is 2. The number of anilines is 3. The Morgan fingerprint density at radius 3 is 2.45 bits per heavy atom. The number of carboxylic acids is 1. The number of carbonyl (C=O) groups excluding carboxylic acids is 3. The number of cyclic esters (lactones) is 1. The average Bonchev–Trinajstić information content (AvgIpc) is 3.52. The highest BCUT2D eigenvalue weighted by Gasteiger charge is 2.38. The zero-order valence-corrected chi connectivity index (χ0v) is 22.2. The fraction of sp³-hybridized carbons (Fsp3) is 0.458. The Morgan fingerprint density at radius 1 is 1.23 bits per heavy atom. The first kappa shape index (κ1) is 30.5. The number of nitrogens with one attached hydrogen (secondary N) is 1. The molecule has 1 aromatic heterocycles. The number of carbonyl (C=O) groups is 4. The minimum Gasteiger partial charge on any atom is -0.475 e. The summed E-state index contributed by atoms with van der Waals surface area (Å²) in [5.41, 5.74) is 7.26. The Bertz CT molecular complexity index is 1210. The van der Waals surface area contributed by atoms with Gasteiger partial charge in [0.1, 0.15) is 11.0 Å². The molecule has 2 saturated heterocycles. The van der Waals surface area contributed by atoms with Crippen molar-refractivity contribution in [3.63, 3.8) is 0 Å². The highest BCUT2D eigenvalue weighted by atomic mass is 32.1. The number of esters is 1. The molecule has 12 nitrogen and oxygen atoms in total. The van der Waals surface area contributed by atoms with Crippen molar-refractivity contribution in [1.82, 2.24) is 10.3 Å². The molecular weight excluding hydrogens is 559 g/mol. The molecule has 2 atom stereocenters. The van der Waals surface area contributed by atoms with Crippen LogP contribution >= 0.6 is 11.3 Å². The summed E-state index contributed by atoms with van der Waals surface area (Å²) < 4.78 is 42.3. The Labute approximate surface area is 230 Å². The van der Waals surface area contributed by atoms with E-state index in [9.17, 15) is 27.6 Å². The molecule has 2 aliphatic heterocycles. The predicted molar refractivity (Wildman–Crippen MR) is 138 cm³/mol. The molecule has 2 fully saturated rings. The van der Waals surface area contributed by atoms with E-state index < -0.39 is 24.3 Å². The lowest BCUT2D eigenvalue weighted by Crippen LogP contribution is -2.39. The van der Waals surface area contributed by atoms with Gasteiger partial charge in [-0.2, -0.15) is 13.2 Å². The van der Waals surface area contributed by atoms with Crippen LogP contribution in [0.25, 0.3) is 0 Å². The van der Waals surface area contributed by atoms with Crippen molar-refractivity contribution in [2.45, 2.75) is 32.0 Å². The number of aromatic nitrogens is 1. The Kier molecular flexibility index (Phi) is 10.1. The summed E-state index contributed by atoms with van der Waals surface area (Å²) in [6, 6.07) is 7.62. The molecule has 2 aromatic rings. The zero-order valence-electron chi connectivity index (χ0n) is 21.3. The maximum atomic E-state index is 12.4. The van der Waals surface area contributed by atoms with Crippen LogP contribution in [0.2, 0.25) is 0 Å². The van der Waals surface area contributed by atoms with Crippen molar-refractivity contribution >= 4 is 51.8 Å². The van der Waals surface area contributed by atoms with Crippen LogP contribution in [0.15, 0.2) is 30.5 Å². The second-order valence-electron chi connectivity index (χ2n) is 8.75. The molecule has 0 saturated carbocycles. The summed E-state index contributed by atoms with van der Waals surface area (Å²) in [6.07, 6.45) is -2.82. The van der Waals surface area contributed by atoms with E-state index in [1.807, 2.05) is 31.2 Å². The number of alkyl halides is 3. The summed E-state index contributed by atoms with van der Waals surface area (Å²) >= 11 is 1.10. The van der Waals surface area contributed by atoms with E-state index in [0.717, 1.165) is 36.4 Å². The van der Waals surface area contributed by atoms with Crippen LogP contribution in [-0.2, 0) is 19.1 Å². The Hall–Kier alpha value is -4.08. The summed E-state index contributed by atoms with van der Waals surface area (Å²) in [5.74, 6) is -3.32. The van der Waals surface area contributed by atoms with E-state index in [4.69, 9.17) is 25.1 Å². The van der Waals surface area contributed by atoms with Crippen molar-refractivity contribution in [2.24, 2.45) is 5.92 Å². The molecule has 1 unspecified atom stereocenters. The van der Waals surface area contributed by atoms with Gasteiger partial charge in [-0.05, 0) is 44.0 Å². The van der Waals surface area contributed by atoms with Gasteiger partial charge < -0.3 is 30.5 Å². The number of rotatable bonds is 7. The van der Waals surface area contributed by atoms with Crippen LogP contribution in [-0.4, -0.2) is 79.1 Å². The third-order valence-corrected chi connectivity index (χ3v) is 6.75. The van der Waals surface area contributed by atoms with Gasteiger partial charge in [-0.3, -0.25) is 14.5 Å². The summed E-state index contributed by atoms with van der Waals surface area (Å²) in [5, 5.41) is 10.2. The first-order chi connectivity index (χ1) is 18.9. The molecule has 0 radical (unpaired) electrons. The minimum atomic E-state index is -5.08. The van der Waals surface area contributed by atoms with E-state index in [2.05, 4.69) is 15.2 Å². The number of piperidine rings is 1. The van der Waals surface area contributed by atoms with Gasteiger partial charge in [0.05, 0.1) is 31.8 Å². The molecule has 4 rings (SSSR count). The number of benzene rings is 1. The summed E-state index contributed by atoms with van der Waals surface area (Å²) in [7, 11) is 0. The van der Waals surface area contributed by atoms with E-state index in [1.165, 1.54) is 6.20 Å². The van der Waals surface area contributed by atoms with Crippen molar-refractivity contribution in [1.29, 1.82) is 0 Å². The molecule has 16 heteroatoms. The van der Waals surface area contributed by atoms with Gasteiger partial charge in [-0.1, -0.05) is 11.3 Å². The minimum absolute atomic E-state index is 0.121. The average molecular weight is 588 g/mol. The van der Waals surface area contributed by atoms with Crippen LogP contribution in [0.3, 0.4) is 0 Å². The number of hydrogen-bond donors (Lipinski definition) is 3. The molecule has 2 amide bonds. The highest BCUT2D eigenvalue weighted by Crippen LogP contribution is 2.28. The highest BCUT2D eigenvalue weighted by molar-refractivity contribution is 7.17. The van der Waals surface area contributed by atoms with Crippen LogP contribution < -0.4 is 20.9 Å². The zero-order chi connectivity index (χ0) is 29.4. The summed E-state index contributed by atoms with van der Waals surface area (Å²) in [4.78, 5) is 53.5. The number of nitrogens with zero attached hydrogens (tertiary/aromatic N) is 3. The fourth-order valence-electron chi connectivity index (χ4n) is 4.03. The third-order valence-electron chi connectivity index (χ3n) is 5.92. The lowest BCUT2D eigenvalue weighted by atomic mass is 9.97. The molecule has 0 spiro atoms. The van der Waals surface area contributed by atoms with Crippen LogP contribution in [0.4, 0.5) is 34.5 Å². The number of aliphatic carboxylic acids is 1. The van der Waals surface area contributed by atoms with Gasteiger partial charge >= 0.3 is 24.2 Å². The quantitative estimate of drug-likeness (QED) is 0.410. The normalized spacial score (nSPS) is 18.9. The number of ether oxygens (including phenoxy) is 2. The largest absolute Gasteiger partial charge is 0.490 e. The van der Waals surface area contributed by atoms with Crippen LogP contribution in [0.1, 0.15) is 29.4 Å². The topological polar surface area (TPSA) is 164 Å². The lowest BCUT2D eigenvalue weighted by molar-refractivity contribution is -0.192. The van der Waals surface area contributed by atoms with Crippen LogP contribution in [0.5, 0.6) is 0 Å². The van der Waals surface area contributed by atoms with E-state index >= 15 is 0 Å². The number of carboxylic acid groups (broad SMARTS) is 1. The molecule has 40 heavy (non-hydrogen) atoms. The smallest absolute Gasteiger partial charge is 0.475 e. The maximum absolute atomic E-state index is 12.4. The van der Waals surface area contributed by atoms with E-state index in [-0.39, 0.29) is 24.3 Å². The number of thiazole rings is 1. The molecule has 1 aromatic carbocycles. The maximum Gasteiger partial charge on any atom is 0.490 e. The van der Waals surface area contributed by atoms with E-state index in [1.54, 1.807) is 4.90 Å². The van der Waals surface area contributed by atoms with Crippen molar-refractivity contribution < 1.29 is 46.9 Å². The van der Waals surface area contributed by atoms with Crippen molar-refractivity contribution in [3.8, 4) is 0 Å².